The highest BCUT2D eigenvalue weighted by Gasteiger charge is 2.25. The topological polar surface area (TPSA) is 77.8 Å². The van der Waals surface area contributed by atoms with E-state index in [-0.39, 0.29) is 5.91 Å². The fourth-order valence-electron chi connectivity index (χ4n) is 4.93. The molecule has 0 saturated carbocycles. The Bertz CT molecular complexity index is 1220. The highest BCUT2D eigenvalue weighted by atomic mass is 16.2. The number of anilines is 2. The van der Waals surface area contributed by atoms with Crippen LogP contribution in [-0.4, -0.2) is 76.6 Å². The minimum Gasteiger partial charge on any atom is -0.339 e. The van der Waals surface area contributed by atoms with E-state index >= 15 is 0 Å². The summed E-state index contributed by atoms with van der Waals surface area (Å²) in [6.07, 6.45) is 7.17. The molecule has 8 heteroatoms. The number of amides is 1. The van der Waals surface area contributed by atoms with E-state index in [0.717, 1.165) is 73.5 Å². The van der Waals surface area contributed by atoms with Gasteiger partial charge in [0.25, 0.3) is 5.91 Å². The fourth-order valence-corrected chi connectivity index (χ4v) is 4.93. The maximum atomic E-state index is 13.2. The minimum absolute atomic E-state index is 0.0874. The fraction of sp³-hybridized carbons (Fsp3) is 0.423. The van der Waals surface area contributed by atoms with Gasteiger partial charge < -0.3 is 20.4 Å². The van der Waals surface area contributed by atoms with E-state index in [1.165, 1.54) is 5.57 Å². The Kier molecular flexibility index (Phi) is 6.34. The van der Waals surface area contributed by atoms with Gasteiger partial charge in [0.15, 0.2) is 5.65 Å². The highest BCUT2D eigenvalue weighted by Crippen LogP contribution is 2.26. The van der Waals surface area contributed by atoms with Crippen LogP contribution >= 0.6 is 0 Å². The third-order valence-electron chi connectivity index (χ3n) is 7.04. The summed E-state index contributed by atoms with van der Waals surface area (Å²) < 4.78 is 1.82. The first kappa shape index (κ1) is 22.6. The Hall–Kier alpha value is -3.23. The average molecular weight is 460 g/mol. The van der Waals surface area contributed by atoms with Gasteiger partial charge in [-0.3, -0.25) is 4.79 Å². The van der Waals surface area contributed by atoms with E-state index < -0.39 is 0 Å². The third-order valence-corrected chi connectivity index (χ3v) is 7.04. The molecule has 4 heterocycles. The summed E-state index contributed by atoms with van der Waals surface area (Å²) in [6.45, 7) is 5.91. The third kappa shape index (κ3) is 4.56. The molecule has 0 atom stereocenters. The van der Waals surface area contributed by atoms with Gasteiger partial charge in [0, 0.05) is 42.6 Å². The zero-order valence-corrected chi connectivity index (χ0v) is 20.2. The molecular formula is C26H33N7O. The van der Waals surface area contributed by atoms with Crippen molar-refractivity contribution in [1.29, 1.82) is 0 Å². The zero-order valence-electron chi connectivity index (χ0n) is 20.2. The number of likely N-dealkylation sites (tertiary alicyclic amines) is 1. The van der Waals surface area contributed by atoms with Crippen molar-refractivity contribution in [1.82, 2.24) is 29.7 Å². The van der Waals surface area contributed by atoms with Crippen LogP contribution in [0.5, 0.6) is 0 Å². The lowest BCUT2D eigenvalue weighted by Crippen LogP contribution is -2.44. The summed E-state index contributed by atoms with van der Waals surface area (Å²) in [6, 6.07) is 10.3. The van der Waals surface area contributed by atoms with E-state index in [1.54, 1.807) is 0 Å². The van der Waals surface area contributed by atoms with Gasteiger partial charge in [0.05, 0.1) is 0 Å². The van der Waals surface area contributed by atoms with Crippen LogP contribution < -0.4 is 10.6 Å². The Morgan fingerprint density at radius 2 is 2.06 bits per heavy atom. The van der Waals surface area contributed by atoms with Crippen molar-refractivity contribution in [2.24, 2.45) is 0 Å². The number of nitrogens with zero attached hydrogens (tertiary/aromatic N) is 5. The van der Waals surface area contributed by atoms with Crippen LogP contribution in [0.15, 0.2) is 42.6 Å². The molecule has 0 unspecified atom stereocenters. The molecule has 2 aliphatic rings. The number of hydrogen-bond acceptors (Lipinski definition) is 6. The van der Waals surface area contributed by atoms with Crippen molar-refractivity contribution < 1.29 is 4.79 Å². The Balaban J connectivity index is 1.33. The molecule has 0 radical (unpaired) electrons. The molecule has 3 aromatic rings. The lowest BCUT2D eigenvalue weighted by Gasteiger charge is -2.35. The van der Waals surface area contributed by atoms with Crippen LogP contribution in [0.1, 0.15) is 40.7 Å². The van der Waals surface area contributed by atoms with Crippen molar-refractivity contribution in [3.05, 3.63) is 59.3 Å². The smallest absolute Gasteiger partial charge is 0.254 e. The largest absolute Gasteiger partial charge is 0.339 e. The minimum atomic E-state index is 0.0874. The number of rotatable bonds is 5. The molecule has 2 N–H and O–H groups in total. The van der Waals surface area contributed by atoms with Crippen molar-refractivity contribution in [2.75, 3.05) is 45.6 Å². The van der Waals surface area contributed by atoms with Gasteiger partial charge in [-0.15, -0.1) is 5.10 Å². The van der Waals surface area contributed by atoms with Gasteiger partial charge in [-0.25, -0.2) is 4.52 Å². The number of hydrogen-bond donors (Lipinski definition) is 2. The molecule has 1 aromatic carbocycles. The number of benzene rings is 1. The van der Waals surface area contributed by atoms with Crippen LogP contribution in [0, 0.1) is 6.92 Å². The maximum Gasteiger partial charge on any atom is 0.254 e. The SMILES string of the molecule is Cc1cc(Nc2nc3c(C4=CCNCC4)cccn3n2)ccc1C(=O)N(C)C1CCN(C)CC1. The molecule has 1 amide bonds. The first-order chi connectivity index (χ1) is 16.5. The Labute approximate surface area is 200 Å². The maximum absolute atomic E-state index is 13.2. The first-order valence-electron chi connectivity index (χ1n) is 12.1. The zero-order chi connectivity index (χ0) is 23.7. The molecule has 178 valence electrons. The number of aromatic nitrogens is 3. The molecule has 0 spiro atoms. The second kappa shape index (κ2) is 9.56. The van der Waals surface area contributed by atoms with E-state index in [4.69, 9.17) is 4.98 Å². The Morgan fingerprint density at radius 3 is 2.79 bits per heavy atom. The van der Waals surface area contributed by atoms with E-state index in [2.05, 4.69) is 39.8 Å². The molecule has 34 heavy (non-hydrogen) atoms. The van der Waals surface area contributed by atoms with E-state index in [0.29, 0.717) is 12.0 Å². The number of carbonyl (C=O) groups excluding carboxylic acids is 1. The molecule has 5 rings (SSSR count). The molecule has 0 aliphatic carbocycles. The van der Waals surface area contributed by atoms with Gasteiger partial charge in [-0.05, 0) is 94.3 Å². The molecule has 1 fully saturated rings. The van der Waals surface area contributed by atoms with Crippen LogP contribution in [0.4, 0.5) is 11.6 Å². The van der Waals surface area contributed by atoms with Gasteiger partial charge in [-0.2, -0.15) is 4.98 Å². The summed E-state index contributed by atoms with van der Waals surface area (Å²) in [5, 5.41) is 11.3. The van der Waals surface area contributed by atoms with E-state index in [1.807, 2.05) is 53.8 Å². The van der Waals surface area contributed by atoms with Gasteiger partial charge in [0.1, 0.15) is 0 Å². The molecule has 0 bridgehead atoms. The molecule has 8 nitrogen and oxygen atoms in total. The number of piperidine rings is 1. The van der Waals surface area contributed by atoms with Crippen molar-refractivity contribution >= 4 is 28.8 Å². The molecule has 2 aliphatic heterocycles. The average Bonchev–Trinajstić information content (AvgIpc) is 3.27. The summed E-state index contributed by atoms with van der Waals surface area (Å²) in [4.78, 5) is 22.2. The highest BCUT2D eigenvalue weighted by molar-refractivity contribution is 5.96. The van der Waals surface area contributed by atoms with Crippen LogP contribution in [-0.2, 0) is 0 Å². The summed E-state index contributed by atoms with van der Waals surface area (Å²) in [5.74, 6) is 0.633. The lowest BCUT2D eigenvalue weighted by molar-refractivity contribution is 0.0659. The number of nitrogens with one attached hydrogen (secondary N) is 2. The van der Waals surface area contributed by atoms with Crippen molar-refractivity contribution in [3.63, 3.8) is 0 Å². The van der Waals surface area contributed by atoms with Crippen LogP contribution in [0.2, 0.25) is 0 Å². The lowest BCUT2D eigenvalue weighted by atomic mass is 10.0. The monoisotopic (exact) mass is 459 g/mol. The Morgan fingerprint density at radius 1 is 1.24 bits per heavy atom. The number of pyridine rings is 1. The number of fused-ring (bicyclic) bond motifs is 1. The van der Waals surface area contributed by atoms with Crippen molar-refractivity contribution in [3.8, 4) is 0 Å². The standard InChI is InChI=1S/C26H33N7O/c1-18-17-20(6-7-22(18)25(34)32(3)21-10-15-31(2)16-11-21)28-26-29-24-23(5-4-14-33(24)30-26)19-8-12-27-13-9-19/h4-8,14,17,21,27H,9-13,15-16H2,1-3H3,(H,28,30). The summed E-state index contributed by atoms with van der Waals surface area (Å²) in [5.41, 5.74) is 5.83. The quantitative estimate of drug-likeness (QED) is 0.610. The van der Waals surface area contributed by atoms with Crippen LogP contribution in [0.25, 0.3) is 11.2 Å². The second-order valence-corrected chi connectivity index (χ2v) is 9.41. The molecular weight excluding hydrogens is 426 g/mol. The number of aryl methyl sites for hydroxylation is 1. The van der Waals surface area contributed by atoms with E-state index in [9.17, 15) is 4.79 Å². The second-order valence-electron chi connectivity index (χ2n) is 9.41. The predicted octanol–water partition coefficient (Wildman–Crippen LogP) is 3.32. The van der Waals surface area contributed by atoms with Gasteiger partial charge in [0.2, 0.25) is 5.95 Å². The number of carbonyl (C=O) groups is 1. The van der Waals surface area contributed by atoms with Crippen molar-refractivity contribution in [2.45, 2.75) is 32.2 Å². The predicted molar refractivity (Wildman–Crippen MR) is 136 cm³/mol. The van der Waals surface area contributed by atoms with Gasteiger partial charge >= 0.3 is 0 Å². The van der Waals surface area contributed by atoms with Crippen LogP contribution in [0.3, 0.4) is 0 Å². The first-order valence-corrected chi connectivity index (χ1v) is 12.1. The molecule has 2 aromatic heterocycles. The summed E-state index contributed by atoms with van der Waals surface area (Å²) in [7, 11) is 4.07. The molecule has 1 saturated heterocycles. The summed E-state index contributed by atoms with van der Waals surface area (Å²) >= 11 is 0. The normalized spacial score (nSPS) is 17.6. The van der Waals surface area contributed by atoms with Gasteiger partial charge in [-0.1, -0.05) is 6.08 Å².